The van der Waals surface area contributed by atoms with Crippen LogP contribution < -0.4 is 5.32 Å². The highest BCUT2D eigenvalue weighted by Gasteiger charge is 2.58. The fraction of sp³-hybridized carbons (Fsp3) is 0.344. The van der Waals surface area contributed by atoms with Gasteiger partial charge < -0.3 is 10.3 Å². The summed E-state index contributed by atoms with van der Waals surface area (Å²) in [7, 11) is 0. The topological polar surface area (TPSA) is 48.1 Å². The Labute approximate surface area is 213 Å². The Kier molecular flexibility index (Phi) is 6.37. The summed E-state index contributed by atoms with van der Waals surface area (Å²) in [6.07, 6.45) is 4.22. The molecule has 0 bridgehead atoms. The number of rotatable bonds is 8. The molecule has 0 radical (unpaired) electrons. The molecule has 4 heteroatoms. The van der Waals surface area contributed by atoms with E-state index in [1.807, 2.05) is 0 Å². The highest BCUT2D eigenvalue weighted by atomic mass is 16.2. The van der Waals surface area contributed by atoms with Crippen LogP contribution in [-0.4, -0.2) is 35.4 Å². The summed E-state index contributed by atoms with van der Waals surface area (Å²) in [6, 6.07) is 32.0. The van der Waals surface area contributed by atoms with Gasteiger partial charge in [-0.25, -0.2) is 0 Å². The Morgan fingerprint density at radius 2 is 1.56 bits per heavy atom. The van der Waals surface area contributed by atoms with Gasteiger partial charge in [-0.1, -0.05) is 78.9 Å². The molecule has 1 atom stereocenters. The van der Waals surface area contributed by atoms with Crippen molar-refractivity contribution in [1.29, 1.82) is 0 Å². The normalized spacial score (nSPS) is 19.1. The maximum Gasteiger partial charge on any atom is 0.223 e. The van der Waals surface area contributed by atoms with E-state index in [0.29, 0.717) is 12.5 Å². The molecule has 2 heterocycles. The van der Waals surface area contributed by atoms with Crippen molar-refractivity contribution in [2.75, 3.05) is 19.6 Å². The van der Waals surface area contributed by atoms with Gasteiger partial charge in [-0.2, -0.15) is 0 Å². The first-order valence-electron chi connectivity index (χ1n) is 13.4. The Balaban J connectivity index is 1.000. The lowest BCUT2D eigenvalue weighted by atomic mass is 9.88. The van der Waals surface area contributed by atoms with Crippen molar-refractivity contribution in [2.24, 2.45) is 11.3 Å². The van der Waals surface area contributed by atoms with Gasteiger partial charge in [0.05, 0.1) is 0 Å². The van der Waals surface area contributed by atoms with Crippen molar-refractivity contribution in [3.63, 3.8) is 0 Å². The maximum absolute atomic E-state index is 13.1. The van der Waals surface area contributed by atoms with Crippen LogP contribution in [0.1, 0.15) is 48.4 Å². The number of aromatic amines is 1. The van der Waals surface area contributed by atoms with Gasteiger partial charge in [0.1, 0.15) is 0 Å². The third-order valence-corrected chi connectivity index (χ3v) is 8.47. The SMILES string of the molecule is O=C(NCCC(c1ccccc1)c1ccccc1)[C@@H]1CC12CCN(Cc1cc3ccccc3[nH]1)CC2. The highest BCUT2D eigenvalue weighted by Crippen LogP contribution is 2.59. The molecule has 2 aliphatic rings. The molecule has 184 valence electrons. The molecule has 4 nitrogen and oxygen atoms in total. The molecule has 1 aliphatic carbocycles. The monoisotopic (exact) mass is 477 g/mol. The zero-order valence-corrected chi connectivity index (χ0v) is 20.8. The Morgan fingerprint density at radius 1 is 0.917 bits per heavy atom. The number of carbonyl (C=O) groups is 1. The number of fused-ring (bicyclic) bond motifs is 1. The lowest BCUT2D eigenvalue weighted by molar-refractivity contribution is -0.123. The van der Waals surface area contributed by atoms with Crippen LogP contribution in [0, 0.1) is 11.3 Å². The lowest BCUT2D eigenvalue weighted by Crippen LogP contribution is -2.37. The first-order chi connectivity index (χ1) is 17.7. The smallest absolute Gasteiger partial charge is 0.223 e. The van der Waals surface area contributed by atoms with Gasteiger partial charge in [0, 0.05) is 36.1 Å². The number of nitrogens with one attached hydrogen (secondary N) is 2. The molecule has 1 amide bonds. The van der Waals surface area contributed by atoms with E-state index in [-0.39, 0.29) is 17.2 Å². The second-order valence-corrected chi connectivity index (χ2v) is 10.7. The molecule has 36 heavy (non-hydrogen) atoms. The Bertz CT molecular complexity index is 1230. The van der Waals surface area contributed by atoms with Crippen LogP contribution in [0.15, 0.2) is 91.0 Å². The van der Waals surface area contributed by atoms with E-state index >= 15 is 0 Å². The van der Waals surface area contributed by atoms with Gasteiger partial charge in [-0.05, 0) is 72.8 Å². The molecule has 2 fully saturated rings. The lowest BCUT2D eigenvalue weighted by Gasteiger charge is -2.32. The summed E-state index contributed by atoms with van der Waals surface area (Å²) in [5, 5.41) is 4.57. The van der Waals surface area contributed by atoms with Gasteiger partial charge in [-0.15, -0.1) is 0 Å². The molecule has 1 aliphatic heterocycles. The molecule has 6 rings (SSSR count). The van der Waals surface area contributed by atoms with E-state index in [2.05, 4.69) is 106 Å². The summed E-state index contributed by atoms with van der Waals surface area (Å²) in [4.78, 5) is 19.2. The third-order valence-electron chi connectivity index (χ3n) is 8.47. The predicted octanol–water partition coefficient (Wildman–Crippen LogP) is 6.11. The Hall–Kier alpha value is -3.37. The summed E-state index contributed by atoms with van der Waals surface area (Å²) in [6.45, 7) is 3.82. The van der Waals surface area contributed by atoms with E-state index in [9.17, 15) is 4.79 Å². The molecule has 1 spiro atoms. The van der Waals surface area contributed by atoms with Crippen LogP contribution in [0.25, 0.3) is 10.9 Å². The number of amides is 1. The van der Waals surface area contributed by atoms with Crippen LogP contribution in [0.5, 0.6) is 0 Å². The second kappa shape index (κ2) is 9.94. The zero-order chi connectivity index (χ0) is 24.4. The van der Waals surface area contributed by atoms with Gasteiger partial charge in [-0.3, -0.25) is 9.69 Å². The summed E-state index contributed by atoms with van der Waals surface area (Å²) >= 11 is 0. The third kappa shape index (κ3) is 4.83. The average molecular weight is 478 g/mol. The van der Waals surface area contributed by atoms with E-state index in [0.717, 1.165) is 45.3 Å². The van der Waals surface area contributed by atoms with Crippen molar-refractivity contribution in [1.82, 2.24) is 15.2 Å². The first kappa shape index (κ1) is 23.1. The van der Waals surface area contributed by atoms with Crippen LogP contribution >= 0.6 is 0 Å². The molecule has 4 aromatic rings. The fourth-order valence-corrected chi connectivity index (χ4v) is 6.25. The quantitative estimate of drug-likeness (QED) is 0.322. The van der Waals surface area contributed by atoms with Crippen LogP contribution in [0.3, 0.4) is 0 Å². The van der Waals surface area contributed by atoms with Crippen molar-refractivity contribution in [3.05, 3.63) is 108 Å². The number of carbonyl (C=O) groups excluding carboxylic acids is 1. The molecule has 1 saturated heterocycles. The molecule has 1 saturated carbocycles. The number of hydrogen-bond donors (Lipinski definition) is 2. The minimum Gasteiger partial charge on any atom is -0.357 e. The minimum atomic E-state index is 0.194. The zero-order valence-electron chi connectivity index (χ0n) is 20.8. The minimum absolute atomic E-state index is 0.194. The van der Waals surface area contributed by atoms with Crippen LogP contribution in [0.2, 0.25) is 0 Å². The summed E-state index contributed by atoms with van der Waals surface area (Å²) in [5.41, 5.74) is 5.34. The summed E-state index contributed by atoms with van der Waals surface area (Å²) < 4.78 is 0. The molecular formula is C32H35N3O. The van der Waals surface area contributed by atoms with Crippen molar-refractivity contribution >= 4 is 16.8 Å². The number of H-pyrrole nitrogens is 1. The number of nitrogens with zero attached hydrogens (tertiary/aromatic N) is 1. The van der Waals surface area contributed by atoms with Crippen LogP contribution in [-0.2, 0) is 11.3 Å². The number of hydrogen-bond acceptors (Lipinski definition) is 2. The average Bonchev–Trinajstić information content (AvgIpc) is 3.47. The van der Waals surface area contributed by atoms with E-state index in [4.69, 9.17) is 0 Å². The Morgan fingerprint density at radius 3 is 2.22 bits per heavy atom. The largest absolute Gasteiger partial charge is 0.357 e. The predicted molar refractivity (Wildman–Crippen MR) is 146 cm³/mol. The van der Waals surface area contributed by atoms with Crippen molar-refractivity contribution in [2.45, 2.75) is 38.1 Å². The number of piperidine rings is 1. The summed E-state index contributed by atoms with van der Waals surface area (Å²) in [5.74, 6) is 0.757. The number of benzene rings is 3. The van der Waals surface area contributed by atoms with Crippen LogP contribution in [0.4, 0.5) is 0 Å². The van der Waals surface area contributed by atoms with Gasteiger partial charge >= 0.3 is 0 Å². The highest BCUT2D eigenvalue weighted by molar-refractivity contribution is 5.82. The molecule has 0 unspecified atom stereocenters. The molecule has 3 aromatic carbocycles. The first-order valence-corrected chi connectivity index (χ1v) is 13.4. The maximum atomic E-state index is 13.1. The van der Waals surface area contributed by atoms with Gasteiger partial charge in [0.15, 0.2) is 0 Å². The number of para-hydroxylation sites is 1. The van der Waals surface area contributed by atoms with Crippen molar-refractivity contribution < 1.29 is 4.79 Å². The molecule has 2 N–H and O–H groups in total. The van der Waals surface area contributed by atoms with Gasteiger partial charge in [0.2, 0.25) is 5.91 Å². The molecular weight excluding hydrogens is 442 g/mol. The van der Waals surface area contributed by atoms with Crippen molar-refractivity contribution in [3.8, 4) is 0 Å². The number of likely N-dealkylation sites (tertiary alicyclic amines) is 1. The van der Waals surface area contributed by atoms with E-state index in [1.54, 1.807) is 0 Å². The standard InChI is InChI=1S/C32H35N3O/c36-31(33-18-15-28(24-9-3-1-4-10-24)25-11-5-2-6-12-25)29-22-32(29)16-19-35(20-17-32)23-27-21-26-13-7-8-14-30(26)34-27/h1-14,21,28-29,34H,15-20,22-23H2,(H,33,36)/t29-/m0/s1. The van der Waals surface area contributed by atoms with E-state index < -0.39 is 0 Å². The molecule has 1 aromatic heterocycles. The number of aromatic nitrogens is 1. The second-order valence-electron chi connectivity index (χ2n) is 10.7. The fourth-order valence-electron chi connectivity index (χ4n) is 6.25. The van der Waals surface area contributed by atoms with E-state index in [1.165, 1.54) is 27.7 Å². The van der Waals surface area contributed by atoms with Gasteiger partial charge in [0.25, 0.3) is 0 Å².